The SMILES string of the molecule is CN1CCCCC1CNc1cccc(C(N)=S)n1. The lowest BCUT2D eigenvalue weighted by Crippen LogP contribution is -2.40. The van der Waals surface area contributed by atoms with Crippen molar-refractivity contribution in [3.63, 3.8) is 0 Å². The maximum absolute atomic E-state index is 5.58. The Kier molecular flexibility index (Phi) is 4.49. The van der Waals surface area contributed by atoms with Crippen molar-refractivity contribution < 1.29 is 0 Å². The molecule has 1 atom stereocenters. The molecule has 3 N–H and O–H groups in total. The van der Waals surface area contributed by atoms with Crippen LogP contribution in [0.1, 0.15) is 25.0 Å². The van der Waals surface area contributed by atoms with Crippen molar-refractivity contribution in [1.29, 1.82) is 0 Å². The van der Waals surface area contributed by atoms with E-state index >= 15 is 0 Å². The standard InChI is InChI=1S/C13H20N4S/c1-17-8-3-2-5-10(17)9-15-12-7-4-6-11(16-12)13(14)18/h4,6-7,10H,2-3,5,8-9H2,1H3,(H2,14,18)(H,15,16). The summed E-state index contributed by atoms with van der Waals surface area (Å²) in [6.45, 7) is 2.11. The number of nitrogens with two attached hydrogens (primary N) is 1. The number of likely N-dealkylation sites (N-methyl/N-ethyl adjacent to an activating group) is 1. The number of piperidine rings is 1. The average Bonchev–Trinajstić information content (AvgIpc) is 2.38. The van der Waals surface area contributed by atoms with Gasteiger partial charge in [-0.1, -0.05) is 24.7 Å². The minimum Gasteiger partial charge on any atom is -0.388 e. The third kappa shape index (κ3) is 3.40. The van der Waals surface area contributed by atoms with Gasteiger partial charge in [0.1, 0.15) is 10.8 Å². The Morgan fingerprint density at radius 2 is 2.39 bits per heavy atom. The topological polar surface area (TPSA) is 54.2 Å². The van der Waals surface area contributed by atoms with E-state index in [1.807, 2.05) is 18.2 Å². The van der Waals surface area contributed by atoms with Gasteiger partial charge < -0.3 is 16.0 Å². The molecule has 2 heterocycles. The summed E-state index contributed by atoms with van der Waals surface area (Å²) in [7, 11) is 2.18. The maximum Gasteiger partial charge on any atom is 0.126 e. The van der Waals surface area contributed by atoms with Gasteiger partial charge in [0.25, 0.3) is 0 Å². The second kappa shape index (κ2) is 6.11. The van der Waals surface area contributed by atoms with E-state index in [0.29, 0.717) is 16.7 Å². The van der Waals surface area contributed by atoms with Crippen LogP contribution in [0.15, 0.2) is 18.2 Å². The molecule has 1 aromatic heterocycles. The Morgan fingerprint density at radius 3 is 3.11 bits per heavy atom. The Bertz CT molecular complexity index is 421. The molecule has 1 unspecified atom stereocenters. The molecule has 0 aliphatic carbocycles. The highest BCUT2D eigenvalue weighted by atomic mass is 32.1. The van der Waals surface area contributed by atoms with Gasteiger partial charge in [-0.2, -0.15) is 0 Å². The number of nitrogens with zero attached hydrogens (tertiary/aromatic N) is 2. The smallest absolute Gasteiger partial charge is 0.126 e. The second-order valence-electron chi connectivity index (χ2n) is 4.78. The Hall–Kier alpha value is -1.20. The molecule has 2 rings (SSSR count). The van der Waals surface area contributed by atoms with Crippen molar-refractivity contribution >= 4 is 23.0 Å². The van der Waals surface area contributed by atoms with Gasteiger partial charge in [-0.05, 0) is 38.6 Å². The van der Waals surface area contributed by atoms with Crippen LogP contribution in [0, 0.1) is 0 Å². The minimum atomic E-state index is 0.341. The van der Waals surface area contributed by atoms with Gasteiger partial charge >= 0.3 is 0 Å². The van der Waals surface area contributed by atoms with Crippen LogP contribution in [0.25, 0.3) is 0 Å². The summed E-state index contributed by atoms with van der Waals surface area (Å²) < 4.78 is 0. The van der Waals surface area contributed by atoms with Gasteiger partial charge in [-0.3, -0.25) is 0 Å². The van der Waals surface area contributed by atoms with E-state index in [0.717, 1.165) is 12.4 Å². The van der Waals surface area contributed by atoms with Crippen molar-refractivity contribution in [2.75, 3.05) is 25.5 Å². The summed E-state index contributed by atoms with van der Waals surface area (Å²) in [5.41, 5.74) is 6.25. The lowest BCUT2D eigenvalue weighted by molar-refractivity contribution is 0.194. The first-order chi connectivity index (χ1) is 8.66. The average molecular weight is 264 g/mol. The van der Waals surface area contributed by atoms with Gasteiger partial charge in [0.2, 0.25) is 0 Å². The zero-order valence-electron chi connectivity index (χ0n) is 10.7. The van der Waals surface area contributed by atoms with Crippen LogP contribution in [-0.4, -0.2) is 41.1 Å². The first-order valence-electron chi connectivity index (χ1n) is 6.38. The van der Waals surface area contributed by atoms with Gasteiger partial charge in [-0.25, -0.2) is 4.98 Å². The molecule has 5 heteroatoms. The Labute approximate surface area is 114 Å². The summed E-state index contributed by atoms with van der Waals surface area (Å²) in [5.74, 6) is 0.847. The highest BCUT2D eigenvalue weighted by molar-refractivity contribution is 7.80. The fourth-order valence-corrected chi connectivity index (χ4v) is 2.41. The van der Waals surface area contributed by atoms with Gasteiger partial charge in [0, 0.05) is 12.6 Å². The zero-order chi connectivity index (χ0) is 13.0. The molecular formula is C13H20N4S. The molecule has 0 saturated carbocycles. The van der Waals surface area contributed by atoms with Crippen LogP contribution in [0.2, 0.25) is 0 Å². The van der Waals surface area contributed by atoms with Crippen molar-refractivity contribution in [1.82, 2.24) is 9.88 Å². The summed E-state index contributed by atoms with van der Waals surface area (Å²) >= 11 is 4.93. The third-order valence-electron chi connectivity index (χ3n) is 3.44. The molecule has 0 bridgehead atoms. The van der Waals surface area contributed by atoms with E-state index in [2.05, 4.69) is 22.2 Å². The van der Waals surface area contributed by atoms with Gasteiger partial charge in [0.15, 0.2) is 0 Å². The first kappa shape index (κ1) is 13.2. The normalized spacial score (nSPS) is 20.6. The van der Waals surface area contributed by atoms with E-state index in [-0.39, 0.29) is 0 Å². The molecule has 4 nitrogen and oxygen atoms in total. The van der Waals surface area contributed by atoms with Crippen molar-refractivity contribution in [2.24, 2.45) is 5.73 Å². The van der Waals surface area contributed by atoms with E-state index in [1.165, 1.54) is 25.8 Å². The number of thiocarbonyl (C=S) groups is 1. The maximum atomic E-state index is 5.58. The van der Waals surface area contributed by atoms with Gasteiger partial charge in [0.05, 0.1) is 5.69 Å². The van der Waals surface area contributed by atoms with E-state index in [4.69, 9.17) is 18.0 Å². The molecule has 0 spiro atoms. The molecular weight excluding hydrogens is 244 g/mol. The predicted octanol–water partition coefficient (Wildman–Crippen LogP) is 1.61. The molecule has 1 aliphatic rings. The monoisotopic (exact) mass is 264 g/mol. The number of anilines is 1. The highest BCUT2D eigenvalue weighted by Crippen LogP contribution is 2.15. The number of hydrogen-bond donors (Lipinski definition) is 2. The minimum absolute atomic E-state index is 0.341. The summed E-state index contributed by atoms with van der Waals surface area (Å²) in [4.78, 5) is 7.14. The number of pyridine rings is 1. The van der Waals surface area contributed by atoms with Gasteiger partial charge in [-0.15, -0.1) is 0 Å². The zero-order valence-corrected chi connectivity index (χ0v) is 11.5. The van der Waals surface area contributed by atoms with Crippen LogP contribution in [-0.2, 0) is 0 Å². The Morgan fingerprint density at radius 1 is 1.56 bits per heavy atom. The molecule has 0 aromatic carbocycles. The predicted molar refractivity (Wildman–Crippen MR) is 78.9 cm³/mol. The van der Waals surface area contributed by atoms with Crippen LogP contribution in [0.3, 0.4) is 0 Å². The van der Waals surface area contributed by atoms with E-state index in [1.54, 1.807) is 0 Å². The highest BCUT2D eigenvalue weighted by Gasteiger charge is 2.18. The van der Waals surface area contributed by atoms with Crippen LogP contribution in [0.4, 0.5) is 5.82 Å². The van der Waals surface area contributed by atoms with Crippen molar-refractivity contribution in [2.45, 2.75) is 25.3 Å². The largest absolute Gasteiger partial charge is 0.388 e. The molecule has 1 fully saturated rings. The van der Waals surface area contributed by atoms with Crippen molar-refractivity contribution in [3.05, 3.63) is 23.9 Å². The molecule has 0 amide bonds. The molecule has 1 saturated heterocycles. The summed E-state index contributed by atoms with van der Waals surface area (Å²) in [5, 5.41) is 3.37. The number of hydrogen-bond acceptors (Lipinski definition) is 4. The molecule has 98 valence electrons. The number of aromatic nitrogens is 1. The van der Waals surface area contributed by atoms with E-state index in [9.17, 15) is 0 Å². The van der Waals surface area contributed by atoms with Crippen molar-refractivity contribution in [3.8, 4) is 0 Å². The van der Waals surface area contributed by atoms with Crippen LogP contribution in [0.5, 0.6) is 0 Å². The number of rotatable bonds is 4. The Balaban J connectivity index is 1.93. The fourth-order valence-electron chi connectivity index (χ4n) is 2.29. The van der Waals surface area contributed by atoms with E-state index < -0.39 is 0 Å². The van der Waals surface area contributed by atoms with Crippen LogP contribution >= 0.6 is 12.2 Å². The first-order valence-corrected chi connectivity index (χ1v) is 6.78. The number of nitrogens with one attached hydrogen (secondary N) is 1. The van der Waals surface area contributed by atoms with Crippen LogP contribution < -0.4 is 11.1 Å². The third-order valence-corrected chi connectivity index (χ3v) is 3.65. The summed E-state index contributed by atoms with van der Waals surface area (Å²) in [6.07, 6.45) is 3.87. The lowest BCUT2D eigenvalue weighted by Gasteiger charge is -2.32. The quantitative estimate of drug-likeness (QED) is 0.809. The fraction of sp³-hybridized carbons (Fsp3) is 0.538. The molecule has 18 heavy (non-hydrogen) atoms. The molecule has 0 radical (unpaired) electrons. The molecule has 1 aromatic rings. The lowest BCUT2D eigenvalue weighted by atomic mass is 10.0. The molecule has 1 aliphatic heterocycles. The number of likely N-dealkylation sites (tertiary alicyclic amines) is 1. The summed E-state index contributed by atoms with van der Waals surface area (Å²) in [6, 6.07) is 6.30. The second-order valence-corrected chi connectivity index (χ2v) is 5.22.